The molecule has 0 fully saturated rings. The van der Waals surface area contributed by atoms with E-state index in [1.807, 2.05) is 55.5 Å². The summed E-state index contributed by atoms with van der Waals surface area (Å²) in [6, 6.07) is 15.6. The van der Waals surface area contributed by atoms with Gasteiger partial charge in [0.15, 0.2) is 0 Å². The first-order chi connectivity index (χ1) is 11.6. The lowest BCUT2D eigenvalue weighted by Gasteiger charge is -2.12. The minimum Gasteiger partial charge on any atom is -0.444 e. The van der Waals surface area contributed by atoms with Gasteiger partial charge in [0.25, 0.3) is 0 Å². The molecule has 0 bridgehead atoms. The maximum absolute atomic E-state index is 11.3. The highest BCUT2D eigenvalue weighted by Gasteiger charge is 2.08. The quantitative estimate of drug-likeness (QED) is 0.738. The van der Waals surface area contributed by atoms with Crippen LogP contribution in [0.5, 0.6) is 0 Å². The van der Waals surface area contributed by atoms with Crippen LogP contribution in [0.15, 0.2) is 59.2 Å². The highest BCUT2D eigenvalue weighted by molar-refractivity contribution is 5.92. The Balaban J connectivity index is 1.73. The van der Waals surface area contributed by atoms with Crippen LogP contribution in [0.3, 0.4) is 0 Å². The van der Waals surface area contributed by atoms with E-state index in [-0.39, 0.29) is 5.91 Å². The van der Waals surface area contributed by atoms with Crippen LogP contribution in [0.2, 0.25) is 0 Å². The Morgan fingerprint density at radius 2 is 1.92 bits per heavy atom. The zero-order chi connectivity index (χ0) is 16.9. The van der Waals surface area contributed by atoms with Crippen molar-refractivity contribution in [3.05, 3.63) is 66.1 Å². The van der Waals surface area contributed by atoms with Gasteiger partial charge in [-0.2, -0.15) is 0 Å². The van der Waals surface area contributed by atoms with E-state index in [0.29, 0.717) is 12.4 Å². The van der Waals surface area contributed by atoms with Crippen molar-refractivity contribution in [3.8, 4) is 11.5 Å². The molecule has 2 aromatic carbocycles. The predicted molar refractivity (Wildman–Crippen MR) is 94.7 cm³/mol. The summed E-state index contributed by atoms with van der Waals surface area (Å²) in [7, 11) is 0. The van der Waals surface area contributed by atoms with Gasteiger partial charge < -0.3 is 15.1 Å². The minimum absolute atomic E-state index is 0.102. The fourth-order valence-corrected chi connectivity index (χ4v) is 2.39. The Morgan fingerprint density at radius 1 is 1.12 bits per heavy atom. The van der Waals surface area contributed by atoms with E-state index >= 15 is 0 Å². The summed E-state index contributed by atoms with van der Waals surface area (Å²) in [5, 5.41) is 6.13. The Morgan fingerprint density at radius 3 is 2.67 bits per heavy atom. The molecule has 1 heterocycles. The fraction of sp³-hybridized carbons (Fsp3) is 0.158. The Labute approximate surface area is 140 Å². The highest BCUT2D eigenvalue weighted by atomic mass is 16.3. The maximum atomic E-state index is 11.3. The van der Waals surface area contributed by atoms with Crippen LogP contribution >= 0.6 is 0 Å². The monoisotopic (exact) mass is 321 g/mol. The van der Waals surface area contributed by atoms with Crippen molar-refractivity contribution in [2.24, 2.45) is 0 Å². The summed E-state index contributed by atoms with van der Waals surface area (Å²) in [5.74, 6) is 0.494. The van der Waals surface area contributed by atoms with Crippen LogP contribution in [-0.2, 0) is 11.3 Å². The molecule has 3 rings (SSSR count). The number of oxazole rings is 1. The topological polar surface area (TPSA) is 67.2 Å². The standard InChI is InChI=1S/C19H19N3O2/c1-13-8-9-17(21-14(2)23)18(10-13)20-11-16-12-24-19(22-16)15-6-4-3-5-7-15/h3-10,12,20H,11H2,1-2H3,(H,21,23). The number of aryl methyl sites for hydroxylation is 1. The smallest absolute Gasteiger partial charge is 0.226 e. The maximum Gasteiger partial charge on any atom is 0.226 e. The molecule has 2 N–H and O–H groups in total. The van der Waals surface area contributed by atoms with Crippen LogP contribution in [0.4, 0.5) is 11.4 Å². The molecule has 24 heavy (non-hydrogen) atoms. The third-order valence-corrected chi connectivity index (χ3v) is 3.52. The number of anilines is 2. The lowest BCUT2D eigenvalue weighted by molar-refractivity contribution is -0.114. The van der Waals surface area contributed by atoms with Crippen molar-refractivity contribution in [1.29, 1.82) is 0 Å². The summed E-state index contributed by atoms with van der Waals surface area (Å²) >= 11 is 0. The molecule has 1 amide bonds. The summed E-state index contributed by atoms with van der Waals surface area (Å²) in [6.07, 6.45) is 1.64. The molecule has 5 heteroatoms. The van der Waals surface area contributed by atoms with Gasteiger partial charge in [0.05, 0.1) is 23.6 Å². The predicted octanol–water partition coefficient (Wildman–Crippen LogP) is 4.22. The number of amides is 1. The van der Waals surface area contributed by atoms with Crippen LogP contribution in [0, 0.1) is 6.92 Å². The number of benzene rings is 2. The molecular weight excluding hydrogens is 302 g/mol. The first kappa shape index (κ1) is 15.8. The first-order valence-corrected chi connectivity index (χ1v) is 7.74. The molecule has 1 aromatic heterocycles. The van der Waals surface area contributed by atoms with E-state index in [4.69, 9.17) is 4.42 Å². The fourth-order valence-electron chi connectivity index (χ4n) is 2.39. The molecule has 122 valence electrons. The molecular formula is C19H19N3O2. The van der Waals surface area contributed by atoms with Gasteiger partial charge >= 0.3 is 0 Å². The van der Waals surface area contributed by atoms with E-state index in [1.54, 1.807) is 6.26 Å². The molecule has 5 nitrogen and oxygen atoms in total. The second-order valence-corrected chi connectivity index (χ2v) is 5.59. The lowest BCUT2D eigenvalue weighted by atomic mass is 10.2. The van der Waals surface area contributed by atoms with Crippen molar-refractivity contribution in [2.45, 2.75) is 20.4 Å². The van der Waals surface area contributed by atoms with Gasteiger partial charge in [0.1, 0.15) is 6.26 Å². The summed E-state index contributed by atoms with van der Waals surface area (Å²) < 4.78 is 5.54. The molecule has 0 saturated carbocycles. The van der Waals surface area contributed by atoms with Gasteiger partial charge in [-0.3, -0.25) is 4.79 Å². The van der Waals surface area contributed by atoms with E-state index in [9.17, 15) is 4.79 Å². The van der Waals surface area contributed by atoms with Crippen molar-refractivity contribution in [1.82, 2.24) is 4.98 Å². The molecule has 0 aliphatic rings. The zero-order valence-electron chi connectivity index (χ0n) is 13.7. The Bertz CT molecular complexity index is 841. The molecule has 0 aliphatic heterocycles. The highest BCUT2D eigenvalue weighted by Crippen LogP contribution is 2.24. The Hall–Kier alpha value is -3.08. The van der Waals surface area contributed by atoms with Crippen molar-refractivity contribution >= 4 is 17.3 Å². The molecule has 0 spiro atoms. The lowest BCUT2D eigenvalue weighted by Crippen LogP contribution is -2.09. The third-order valence-electron chi connectivity index (χ3n) is 3.52. The van der Waals surface area contributed by atoms with E-state index in [2.05, 4.69) is 15.6 Å². The SMILES string of the molecule is CC(=O)Nc1ccc(C)cc1NCc1coc(-c2ccccc2)n1. The summed E-state index contributed by atoms with van der Waals surface area (Å²) in [4.78, 5) is 15.8. The molecule has 0 unspecified atom stereocenters. The molecule has 0 atom stereocenters. The second kappa shape index (κ2) is 7.00. The normalized spacial score (nSPS) is 10.4. The van der Waals surface area contributed by atoms with Crippen molar-refractivity contribution < 1.29 is 9.21 Å². The van der Waals surface area contributed by atoms with Crippen LogP contribution in [0.1, 0.15) is 18.2 Å². The van der Waals surface area contributed by atoms with Gasteiger partial charge in [0, 0.05) is 12.5 Å². The number of rotatable bonds is 5. The minimum atomic E-state index is -0.102. The van der Waals surface area contributed by atoms with Crippen LogP contribution < -0.4 is 10.6 Å². The Kier molecular flexibility index (Phi) is 4.61. The molecule has 3 aromatic rings. The van der Waals surface area contributed by atoms with Gasteiger partial charge in [-0.25, -0.2) is 4.98 Å². The average molecular weight is 321 g/mol. The first-order valence-electron chi connectivity index (χ1n) is 7.74. The third kappa shape index (κ3) is 3.81. The average Bonchev–Trinajstić information content (AvgIpc) is 3.04. The molecule has 0 aliphatic carbocycles. The number of nitrogens with one attached hydrogen (secondary N) is 2. The largest absolute Gasteiger partial charge is 0.444 e. The summed E-state index contributed by atoms with van der Waals surface area (Å²) in [6.45, 7) is 4.01. The van der Waals surface area contributed by atoms with Crippen LogP contribution in [-0.4, -0.2) is 10.9 Å². The summed E-state index contributed by atoms with van der Waals surface area (Å²) in [5.41, 5.74) is 4.45. The van der Waals surface area contributed by atoms with Gasteiger partial charge in [0.2, 0.25) is 11.8 Å². The van der Waals surface area contributed by atoms with E-state index in [1.165, 1.54) is 6.92 Å². The number of hydrogen-bond donors (Lipinski definition) is 2. The van der Waals surface area contributed by atoms with Crippen molar-refractivity contribution in [3.63, 3.8) is 0 Å². The molecule has 0 radical (unpaired) electrons. The zero-order valence-corrected chi connectivity index (χ0v) is 13.7. The number of nitrogens with zero attached hydrogens (tertiary/aromatic N) is 1. The van der Waals surface area contributed by atoms with E-state index in [0.717, 1.165) is 28.2 Å². The van der Waals surface area contributed by atoms with Crippen LogP contribution in [0.25, 0.3) is 11.5 Å². The van der Waals surface area contributed by atoms with Gasteiger partial charge in [-0.05, 0) is 36.8 Å². The van der Waals surface area contributed by atoms with Gasteiger partial charge in [-0.1, -0.05) is 24.3 Å². The number of carbonyl (C=O) groups excluding carboxylic acids is 1. The van der Waals surface area contributed by atoms with E-state index < -0.39 is 0 Å². The number of aromatic nitrogens is 1. The number of hydrogen-bond acceptors (Lipinski definition) is 4. The van der Waals surface area contributed by atoms with Crippen molar-refractivity contribution in [2.75, 3.05) is 10.6 Å². The second-order valence-electron chi connectivity index (χ2n) is 5.59. The molecule has 0 saturated heterocycles. The van der Waals surface area contributed by atoms with Gasteiger partial charge in [-0.15, -0.1) is 0 Å². The number of carbonyl (C=O) groups is 1.